The molecule has 1 aliphatic heterocycles. The lowest BCUT2D eigenvalue weighted by Crippen LogP contribution is -2.40. The zero-order valence-electron chi connectivity index (χ0n) is 20.8. The quantitative estimate of drug-likeness (QED) is 0.341. The molecule has 3 N–H and O–H groups in total. The van der Waals surface area contributed by atoms with Crippen LogP contribution in [0.5, 0.6) is 5.75 Å². The van der Waals surface area contributed by atoms with Gasteiger partial charge >= 0.3 is 6.09 Å². The molecular formula is C29H25FN4O5. The van der Waals surface area contributed by atoms with E-state index in [4.69, 9.17) is 4.74 Å². The molecule has 0 aliphatic carbocycles. The van der Waals surface area contributed by atoms with E-state index in [0.29, 0.717) is 24.1 Å². The Morgan fingerprint density at radius 2 is 1.74 bits per heavy atom. The minimum atomic E-state index is -0.914. The van der Waals surface area contributed by atoms with Crippen molar-refractivity contribution in [1.29, 1.82) is 0 Å². The molecule has 10 heteroatoms. The second-order valence-corrected chi connectivity index (χ2v) is 9.05. The van der Waals surface area contributed by atoms with Crippen molar-refractivity contribution in [2.24, 2.45) is 0 Å². The predicted octanol–water partition coefficient (Wildman–Crippen LogP) is 4.38. The van der Waals surface area contributed by atoms with Crippen LogP contribution in [0.1, 0.15) is 45.5 Å². The number of H-pyrrole nitrogens is 1. The Hall–Kier alpha value is -4.99. The number of carbonyl (C=O) groups is 2. The van der Waals surface area contributed by atoms with Gasteiger partial charge in [0.05, 0.1) is 11.7 Å². The van der Waals surface area contributed by atoms with Crippen LogP contribution >= 0.6 is 0 Å². The van der Waals surface area contributed by atoms with Crippen LogP contribution in [0.3, 0.4) is 0 Å². The van der Waals surface area contributed by atoms with E-state index in [1.54, 1.807) is 12.1 Å². The Kier molecular flexibility index (Phi) is 7.35. The summed E-state index contributed by atoms with van der Waals surface area (Å²) in [6, 6.07) is 21.3. The number of aromatic hydroxyl groups is 1. The first-order chi connectivity index (χ1) is 18.9. The number of aromatic amines is 1. The lowest BCUT2D eigenvalue weighted by molar-refractivity contribution is 0.0942. The van der Waals surface area contributed by atoms with Crippen molar-refractivity contribution in [3.63, 3.8) is 0 Å². The lowest BCUT2D eigenvalue weighted by atomic mass is 9.95. The summed E-state index contributed by atoms with van der Waals surface area (Å²) < 4.78 is 18.8. The van der Waals surface area contributed by atoms with Gasteiger partial charge in [-0.1, -0.05) is 60.7 Å². The van der Waals surface area contributed by atoms with E-state index in [9.17, 15) is 23.9 Å². The first kappa shape index (κ1) is 25.7. The molecular weight excluding hydrogens is 503 g/mol. The van der Waals surface area contributed by atoms with Crippen LogP contribution in [-0.2, 0) is 24.3 Å². The fourth-order valence-electron chi connectivity index (χ4n) is 4.49. The number of ether oxygens (including phenoxy) is 1. The molecule has 4 aromatic rings. The number of anilines is 1. The third-order valence-corrected chi connectivity index (χ3v) is 6.46. The standard InChI is InChI=1S/C29H25FN4O5/c30-21-13-10-18(11-14-21)16-31-27(36)24-25(35)28(37)33-26(32-24)23-15-12-20-8-4-5-9-22(20)34(23)29(38)39-17-19-6-2-1-3-7-19/h1-11,13-14,23,35H,12,15-17H2,(H,31,36)(H,32,33,37). The number of amides is 2. The van der Waals surface area contributed by atoms with Crippen LogP contribution in [-0.4, -0.2) is 27.1 Å². The molecule has 198 valence electrons. The molecule has 1 unspecified atom stereocenters. The van der Waals surface area contributed by atoms with Crippen LogP contribution in [0, 0.1) is 5.82 Å². The zero-order chi connectivity index (χ0) is 27.4. The van der Waals surface area contributed by atoms with Gasteiger partial charge in [0.1, 0.15) is 18.2 Å². The monoisotopic (exact) mass is 528 g/mol. The van der Waals surface area contributed by atoms with Crippen molar-refractivity contribution < 1.29 is 23.8 Å². The number of benzene rings is 3. The fraction of sp³-hybridized carbons (Fsp3) is 0.172. The van der Waals surface area contributed by atoms with Crippen LogP contribution in [0.4, 0.5) is 14.9 Å². The molecule has 0 saturated carbocycles. The minimum absolute atomic E-state index is 0.0249. The molecule has 5 rings (SSSR count). The van der Waals surface area contributed by atoms with Gasteiger partial charge in [0.25, 0.3) is 11.5 Å². The SMILES string of the molecule is O=C(NCc1ccc(F)cc1)c1nc(C2CCc3ccccc3N2C(=O)OCc2ccccc2)[nH]c(=O)c1O. The Bertz CT molecular complexity index is 1560. The van der Waals surface area contributed by atoms with Crippen molar-refractivity contribution in [3.05, 3.63) is 123 Å². The number of fused-ring (bicyclic) bond motifs is 1. The molecule has 0 saturated heterocycles. The normalized spacial score (nSPS) is 14.4. The van der Waals surface area contributed by atoms with Gasteiger partial charge in [-0.25, -0.2) is 14.2 Å². The highest BCUT2D eigenvalue weighted by Gasteiger charge is 2.35. The predicted molar refractivity (Wildman–Crippen MR) is 141 cm³/mol. The number of hydrogen-bond donors (Lipinski definition) is 3. The van der Waals surface area contributed by atoms with Crippen LogP contribution in [0.25, 0.3) is 0 Å². The van der Waals surface area contributed by atoms with Crippen LogP contribution in [0.2, 0.25) is 0 Å². The molecule has 0 fully saturated rings. The number of carbonyl (C=O) groups excluding carboxylic acids is 2. The number of halogens is 1. The van der Waals surface area contributed by atoms with E-state index < -0.39 is 40.9 Å². The molecule has 1 aliphatic rings. The number of rotatable bonds is 6. The third kappa shape index (κ3) is 5.64. The van der Waals surface area contributed by atoms with Gasteiger partial charge in [-0.3, -0.25) is 14.5 Å². The topological polar surface area (TPSA) is 125 Å². The Morgan fingerprint density at radius 1 is 1.03 bits per heavy atom. The summed E-state index contributed by atoms with van der Waals surface area (Å²) in [5.41, 5.74) is 1.55. The zero-order valence-corrected chi connectivity index (χ0v) is 20.8. The summed E-state index contributed by atoms with van der Waals surface area (Å²) in [4.78, 5) is 47.2. The number of nitrogens with one attached hydrogen (secondary N) is 2. The fourth-order valence-corrected chi connectivity index (χ4v) is 4.49. The van der Waals surface area contributed by atoms with Gasteiger partial charge < -0.3 is 20.1 Å². The molecule has 1 aromatic heterocycles. The minimum Gasteiger partial charge on any atom is -0.501 e. The molecule has 0 bridgehead atoms. The second-order valence-electron chi connectivity index (χ2n) is 9.05. The number of hydrogen-bond acceptors (Lipinski definition) is 6. The van der Waals surface area contributed by atoms with Gasteiger partial charge in [0.15, 0.2) is 5.69 Å². The maximum atomic E-state index is 13.4. The largest absolute Gasteiger partial charge is 0.501 e. The van der Waals surface area contributed by atoms with E-state index in [2.05, 4.69) is 15.3 Å². The van der Waals surface area contributed by atoms with Crippen LogP contribution < -0.4 is 15.8 Å². The van der Waals surface area contributed by atoms with E-state index in [-0.39, 0.29) is 19.0 Å². The highest BCUT2D eigenvalue weighted by Crippen LogP contribution is 2.38. The summed E-state index contributed by atoms with van der Waals surface area (Å²) in [6.07, 6.45) is 0.330. The number of nitrogens with zero attached hydrogens (tertiary/aromatic N) is 2. The lowest BCUT2D eigenvalue weighted by Gasteiger charge is -2.35. The van der Waals surface area contributed by atoms with E-state index in [1.165, 1.54) is 29.2 Å². The third-order valence-electron chi connectivity index (χ3n) is 6.46. The van der Waals surface area contributed by atoms with Crippen molar-refractivity contribution in [1.82, 2.24) is 15.3 Å². The number of aromatic nitrogens is 2. The summed E-state index contributed by atoms with van der Waals surface area (Å²) in [7, 11) is 0. The maximum absolute atomic E-state index is 13.4. The number of para-hydroxylation sites is 1. The second kappa shape index (κ2) is 11.2. The summed E-state index contributed by atoms with van der Waals surface area (Å²) >= 11 is 0. The van der Waals surface area contributed by atoms with Gasteiger partial charge in [-0.05, 0) is 47.7 Å². The van der Waals surface area contributed by atoms with E-state index in [0.717, 1.165) is 11.1 Å². The Balaban J connectivity index is 1.43. The number of aryl methyl sites for hydroxylation is 1. The molecule has 9 nitrogen and oxygen atoms in total. The maximum Gasteiger partial charge on any atom is 0.415 e. The van der Waals surface area contributed by atoms with Crippen molar-refractivity contribution in [2.75, 3.05) is 4.90 Å². The first-order valence-electron chi connectivity index (χ1n) is 12.3. The first-order valence-corrected chi connectivity index (χ1v) is 12.3. The molecule has 0 spiro atoms. The molecule has 0 radical (unpaired) electrons. The van der Waals surface area contributed by atoms with Gasteiger partial charge in [0, 0.05) is 6.54 Å². The molecule has 1 atom stereocenters. The Morgan fingerprint density at radius 3 is 2.51 bits per heavy atom. The van der Waals surface area contributed by atoms with Crippen molar-refractivity contribution >= 4 is 17.7 Å². The van der Waals surface area contributed by atoms with Gasteiger partial charge in [-0.15, -0.1) is 0 Å². The van der Waals surface area contributed by atoms with Crippen LogP contribution in [0.15, 0.2) is 83.7 Å². The van der Waals surface area contributed by atoms with Gasteiger partial charge in [0.2, 0.25) is 5.75 Å². The van der Waals surface area contributed by atoms with Crippen molar-refractivity contribution in [3.8, 4) is 5.75 Å². The molecule has 3 aromatic carbocycles. The smallest absolute Gasteiger partial charge is 0.415 e. The summed E-state index contributed by atoms with van der Waals surface area (Å²) in [6.45, 7) is 0.0682. The van der Waals surface area contributed by atoms with E-state index >= 15 is 0 Å². The average molecular weight is 529 g/mol. The summed E-state index contributed by atoms with van der Waals surface area (Å²) in [5.74, 6) is -2.01. The van der Waals surface area contributed by atoms with Gasteiger partial charge in [-0.2, -0.15) is 0 Å². The molecule has 39 heavy (non-hydrogen) atoms. The Labute approximate surface area is 222 Å². The highest BCUT2D eigenvalue weighted by atomic mass is 19.1. The molecule has 2 heterocycles. The summed E-state index contributed by atoms with van der Waals surface area (Å²) in [5, 5.41) is 12.9. The van der Waals surface area contributed by atoms with E-state index in [1.807, 2.05) is 42.5 Å². The van der Waals surface area contributed by atoms with Crippen molar-refractivity contribution in [2.45, 2.75) is 32.0 Å². The average Bonchev–Trinajstić information content (AvgIpc) is 2.96. The molecule has 2 amide bonds. The highest BCUT2D eigenvalue weighted by molar-refractivity contribution is 5.95.